The Balaban J connectivity index is 2.37. The molecule has 0 aromatic heterocycles. The van der Waals surface area contributed by atoms with E-state index in [4.69, 9.17) is 23.2 Å². The van der Waals surface area contributed by atoms with E-state index in [1.54, 1.807) is 24.3 Å². The van der Waals surface area contributed by atoms with Crippen LogP contribution in [0.1, 0.15) is 11.6 Å². The van der Waals surface area contributed by atoms with Crippen molar-refractivity contribution in [3.8, 4) is 0 Å². The number of benzene rings is 2. The van der Waals surface area contributed by atoms with Crippen LogP contribution in [0.5, 0.6) is 0 Å². The summed E-state index contributed by atoms with van der Waals surface area (Å²) in [6.07, 6.45) is 0. The van der Waals surface area contributed by atoms with Crippen LogP contribution in [0, 0.1) is 0 Å². The number of halogens is 3. The van der Waals surface area contributed by atoms with Crippen molar-refractivity contribution in [2.45, 2.75) is 6.04 Å². The van der Waals surface area contributed by atoms with Crippen LogP contribution in [0.4, 0.5) is 5.69 Å². The van der Waals surface area contributed by atoms with Crippen LogP contribution in [0.15, 0.2) is 46.9 Å². The van der Waals surface area contributed by atoms with Gasteiger partial charge < -0.3 is 10.4 Å². The van der Waals surface area contributed by atoms with Crippen LogP contribution in [-0.2, 0) is 4.79 Å². The van der Waals surface area contributed by atoms with Crippen molar-refractivity contribution < 1.29 is 9.90 Å². The minimum Gasteiger partial charge on any atom is -0.479 e. The van der Waals surface area contributed by atoms with Gasteiger partial charge in [-0.2, -0.15) is 0 Å². The molecule has 20 heavy (non-hydrogen) atoms. The van der Waals surface area contributed by atoms with Gasteiger partial charge in [0.2, 0.25) is 0 Å². The molecule has 0 aliphatic carbocycles. The van der Waals surface area contributed by atoms with Gasteiger partial charge in [-0.1, -0.05) is 35.3 Å². The maximum atomic E-state index is 11.5. The predicted molar refractivity (Wildman–Crippen MR) is 84.6 cm³/mol. The van der Waals surface area contributed by atoms with Gasteiger partial charge in [-0.3, -0.25) is 0 Å². The predicted octanol–water partition coefficient (Wildman–Crippen LogP) is 4.99. The zero-order valence-electron chi connectivity index (χ0n) is 10.1. The summed E-state index contributed by atoms with van der Waals surface area (Å²) >= 11 is 15.2. The van der Waals surface area contributed by atoms with Crippen molar-refractivity contribution in [2.24, 2.45) is 0 Å². The first-order valence-corrected chi connectivity index (χ1v) is 7.22. The molecule has 2 aromatic carbocycles. The molecule has 6 heteroatoms. The van der Waals surface area contributed by atoms with E-state index in [9.17, 15) is 9.90 Å². The van der Waals surface area contributed by atoms with E-state index in [1.807, 2.05) is 18.2 Å². The zero-order chi connectivity index (χ0) is 14.7. The number of hydrogen-bond acceptors (Lipinski definition) is 2. The Hall–Kier alpha value is -1.23. The molecule has 0 saturated heterocycles. The summed E-state index contributed by atoms with van der Waals surface area (Å²) in [5.74, 6) is -1.01. The van der Waals surface area contributed by atoms with Gasteiger partial charge in [0.15, 0.2) is 6.04 Å². The molecule has 0 radical (unpaired) electrons. The highest BCUT2D eigenvalue weighted by Crippen LogP contribution is 2.29. The van der Waals surface area contributed by atoms with Crippen LogP contribution in [0.2, 0.25) is 10.0 Å². The number of aliphatic carboxylic acids is 1. The normalized spacial score (nSPS) is 11.9. The lowest BCUT2D eigenvalue weighted by Crippen LogP contribution is -2.20. The van der Waals surface area contributed by atoms with Crippen LogP contribution in [-0.4, -0.2) is 11.1 Å². The summed E-state index contributed by atoms with van der Waals surface area (Å²) in [5, 5.41) is 13.1. The molecule has 3 nitrogen and oxygen atoms in total. The summed E-state index contributed by atoms with van der Waals surface area (Å²) in [7, 11) is 0. The molecule has 0 spiro atoms. The van der Waals surface area contributed by atoms with Crippen LogP contribution in [0.25, 0.3) is 0 Å². The van der Waals surface area contributed by atoms with Gasteiger partial charge in [-0.05, 0) is 51.8 Å². The van der Waals surface area contributed by atoms with Gasteiger partial charge in [0.05, 0.1) is 0 Å². The number of anilines is 1. The molecule has 1 unspecified atom stereocenters. The standard InChI is InChI=1S/C14H10BrCl2NO2/c15-11-3-1-2-4-12(11)18-13(14(19)20)8-5-9(16)7-10(17)6-8/h1-7,13,18H,(H,19,20). The minimum absolute atomic E-state index is 0.396. The topological polar surface area (TPSA) is 49.3 Å². The van der Waals surface area contributed by atoms with E-state index in [2.05, 4.69) is 21.2 Å². The molecular weight excluding hydrogens is 365 g/mol. The maximum absolute atomic E-state index is 11.5. The largest absolute Gasteiger partial charge is 0.479 e. The molecule has 0 bridgehead atoms. The van der Waals surface area contributed by atoms with E-state index in [-0.39, 0.29) is 0 Å². The van der Waals surface area contributed by atoms with Gasteiger partial charge >= 0.3 is 5.97 Å². The molecule has 0 fully saturated rings. The summed E-state index contributed by atoms with van der Waals surface area (Å²) < 4.78 is 0.777. The zero-order valence-corrected chi connectivity index (χ0v) is 13.2. The average Bonchev–Trinajstić information content (AvgIpc) is 2.36. The van der Waals surface area contributed by atoms with E-state index in [0.717, 1.165) is 4.47 Å². The van der Waals surface area contributed by atoms with Crippen molar-refractivity contribution in [1.82, 2.24) is 0 Å². The lowest BCUT2D eigenvalue weighted by molar-refractivity contribution is -0.138. The summed E-state index contributed by atoms with van der Waals surface area (Å²) in [4.78, 5) is 11.5. The van der Waals surface area contributed by atoms with Crippen LogP contribution in [0.3, 0.4) is 0 Å². The molecule has 0 heterocycles. The van der Waals surface area contributed by atoms with Crippen molar-refractivity contribution in [2.75, 3.05) is 5.32 Å². The lowest BCUT2D eigenvalue weighted by atomic mass is 10.1. The summed E-state index contributed by atoms with van der Waals surface area (Å²) in [6, 6.07) is 11.1. The smallest absolute Gasteiger partial charge is 0.330 e. The highest BCUT2D eigenvalue weighted by molar-refractivity contribution is 9.10. The van der Waals surface area contributed by atoms with Crippen molar-refractivity contribution in [3.63, 3.8) is 0 Å². The number of para-hydroxylation sites is 1. The first kappa shape index (κ1) is 15.2. The van der Waals surface area contributed by atoms with Crippen molar-refractivity contribution in [3.05, 3.63) is 62.5 Å². The van der Waals surface area contributed by atoms with Gasteiger partial charge in [0.1, 0.15) is 0 Å². The molecular formula is C14H10BrCl2NO2. The van der Waals surface area contributed by atoms with Crippen molar-refractivity contribution in [1.29, 1.82) is 0 Å². The fourth-order valence-corrected chi connectivity index (χ4v) is 2.71. The number of carboxylic acids is 1. The third-order valence-electron chi connectivity index (χ3n) is 2.64. The SMILES string of the molecule is O=C(O)C(Nc1ccccc1Br)c1cc(Cl)cc(Cl)c1. The molecule has 0 aliphatic rings. The van der Waals surface area contributed by atoms with Crippen LogP contribution >= 0.6 is 39.1 Å². The molecule has 0 amide bonds. The van der Waals surface area contributed by atoms with Gasteiger partial charge in [-0.15, -0.1) is 0 Å². The molecule has 2 N–H and O–H groups in total. The summed E-state index contributed by atoms with van der Waals surface area (Å²) in [5.41, 5.74) is 1.17. The highest BCUT2D eigenvalue weighted by atomic mass is 79.9. The molecule has 0 saturated carbocycles. The molecule has 1 atom stereocenters. The molecule has 104 valence electrons. The Kier molecular flexibility index (Phi) is 4.91. The second-order valence-electron chi connectivity index (χ2n) is 4.10. The third kappa shape index (κ3) is 3.66. The van der Waals surface area contributed by atoms with Gasteiger partial charge in [0.25, 0.3) is 0 Å². The Labute approximate surface area is 134 Å². The number of nitrogens with one attached hydrogen (secondary N) is 1. The van der Waals surface area contributed by atoms with Gasteiger partial charge in [-0.25, -0.2) is 4.79 Å². The Morgan fingerprint density at radius 2 is 1.75 bits per heavy atom. The maximum Gasteiger partial charge on any atom is 0.330 e. The second-order valence-corrected chi connectivity index (χ2v) is 5.83. The Bertz CT molecular complexity index is 629. The van der Waals surface area contributed by atoms with Crippen molar-refractivity contribution >= 4 is 50.8 Å². The minimum atomic E-state index is -1.01. The van der Waals surface area contributed by atoms with E-state index >= 15 is 0 Å². The first-order chi connectivity index (χ1) is 9.47. The van der Waals surface area contributed by atoms with E-state index in [1.165, 1.54) is 0 Å². The number of hydrogen-bond donors (Lipinski definition) is 2. The first-order valence-electron chi connectivity index (χ1n) is 5.67. The Morgan fingerprint density at radius 1 is 1.15 bits per heavy atom. The van der Waals surface area contributed by atoms with Crippen LogP contribution < -0.4 is 5.32 Å². The van der Waals surface area contributed by atoms with Gasteiger partial charge in [0, 0.05) is 20.2 Å². The number of carboxylic acid groups (broad SMARTS) is 1. The number of rotatable bonds is 4. The third-order valence-corrected chi connectivity index (χ3v) is 3.77. The lowest BCUT2D eigenvalue weighted by Gasteiger charge is -2.17. The molecule has 2 rings (SSSR count). The quantitative estimate of drug-likeness (QED) is 0.792. The fourth-order valence-electron chi connectivity index (χ4n) is 1.76. The highest BCUT2D eigenvalue weighted by Gasteiger charge is 2.21. The summed E-state index contributed by atoms with van der Waals surface area (Å²) in [6.45, 7) is 0. The molecule has 2 aromatic rings. The Morgan fingerprint density at radius 3 is 2.30 bits per heavy atom. The monoisotopic (exact) mass is 373 g/mol. The average molecular weight is 375 g/mol. The number of carbonyl (C=O) groups is 1. The second kappa shape index (κ2) is 6.48. The van der Waals surface area contributed by atoms with E-state index < -0.39 is 12.0 Å². The molecule has 0 aliphatic heterocycles. The van der Waals surface area contributed by atoms with E-state index in [0.29, 0.717) is 21.3 Å². The fraction of sp³-hybridized carbons (Fsp3) is 0.0714.